The molecule has 90 valence electrons. The van der Waals surface area contributed by atoms with Gasteiger partial charge in [0.15, 0.2) is 0 Å². The van der Waals surface area contributed by atoms with Crippen molar-refractivity contribution in [2.75, 3.05) is 26.0 Å². The first-order valence-electron chi connectivity index (χ1n) is 6.08. The Morgan fingerprint density at radius 2 is 2.20 bits per heavy atom. The van der Waals surface area contributed by atoms with Crippen LogP contribution in [-0.2, 0) is 4.74 Å². The zero-order valence-corrected chi connectivity index (χ0v) is 11.1. The molecular formula is C12H25NOS. The van der Waals surface area contributed by atoms with Gasteiger partial charge < -0.3 is 10.1 Å². The highest BCUT2D eigenvalue weighted by Crippen LogP contribution is 2.24. The van der Waals surface area contributed by atoms with Crippen LogP contribution in [0.1, 0.15) is 33.1 Å². The normalized spacial score (nSPS) is 24.4. The van der Waals surface area contributed by atoms with E-state index in [0.29, 0.717) is 12.0 Å². The smallest absolute Gasteiger partial charge is 0.0618 e. The summed E-state index contributed by atoms with van der Waals surface area (Å²) in [5, 5.41) is 4.47. The fraction of sp³-hybridized carbons (Fsp3) is 1.00. The maximum Gasteiger partial charge on any atom is 0.0618 e. The number of hydrogen-bond donors (Lipinski definition) is 1. The van der Waals surface area contributed by atoms with Crippen molar-refractivity contribution >= 4 is 11.8 Å². The molecule has 0 aliphatic carbocycles. The van der Waals surface area contributed by atoms with Crippen LogP contribution in [0.5, 0.6) is 0 Å². The summed E-state index contributed by atoms with van der Waals surface area (Å²) in [6, 6.07) is 0.512. The lowest BCUT2D eigenvalue weighted by Crippen LogP contribution is -2.41. The van der Waals surface area contributed by atoms with Crippen molar-refractivity contribution in [3.05, 3.63) is 0 Å². The summed E-state index contributed by atoms with van der Waals surface area (Å²) in [6.45, 7) is 6.49. The molecule has 2 atom stereocenters. The topological polar surface area (TPSA) is 21.3 Å². The monoisotopic (exact) mass is 231 g/mol. The van der Waals surface area contributed by atoms with E-state index >= 15 is 0 Å². The van der Waals surface area contributed by atoms with Crippen LogP contribution in [0, 0.1) is 5.92 Å². The summed E-state index contributed by atoms with van der Waals surface area (Å²) >= 11 is 2.13. The molecule has 0 saturated carbocycles. The predicted octanol–water partition coefficient (Wildman–Crippen LogP) is 2.53. The van der Waals surface area contributed by atoms with Gasteiger partial charge in [-0.25, -0.2) is 0 Å². The Morgan fingerprint density at radius 1 is 1.40 bits per heavy atom. The Balaban J connectivity index is 2.19. The number of rotatable bonds is 6. The summed E-state index contributed by atoms with van der Waals surface area (Å²) in [7, 11) is 1.78. The lowest BCUT2D eigenvalue weighted by molar-refractivity contribution is 0.147. The van der Waals surface area contributed by atoms with Gasteiger partial charge in [-0.1, -0.05) is 20.3 Å². The molecule has 0 radical (unpaired) electrons. The third kappa shape index (κ3) is 5.23. The molecule has 1 aliphatic rings. The van der Waals surface area contributed by atoms with Gasteiger partial charge in [0, 0.05) is 24.9 Å². The highest BCUT2D eigenvalue weighted by atomic mass is 32.2. The van der Waals surface area contributed by atoms with Gasteiger partial charge in [0.1, 0.15) is 0 Å². The van der Waals surface area contributed by atoms with E-state index in [-0.39, 0.29) is 0 Å². The molecule has 1 fully saturated rings. The number of nitrogens with one attached hydrogen (secondary N) is 1. The lowest BCUT2D eigenvalue weighted by Gasteiger charge is -2.26. The van der Waals surface area contributed by atoms with Gasteiger partial charge in [-0.05, 0) is 24.5 Å². The standard InChI is InChI=1S/C12H25NOS/c1-10(2)12(9-14-3)13-8-11-6-4-5-7-15-11/h10-13H,4-9H2,1-3H3. The highest BCUT2D eigenvalue weighted by molar-refractivity contribution is 7.99. The first-order valence-corrected chi connectivity index (χ1v) is 7.13. The second kappa shape index (κ2) is 7.53. The van der Waals surface area contributed by atoms with E-state index in [1.807, 2.05) is 0 Å². The molecule has 1 N–H and O–H groups in total. The van der Waals surface area contributed by atoms with E-state index in [2.05, 4.69) is 30.9 Å². The molecule has 15 heavy (non-hydrogen) atoms. The fourth-order valence-electron chi connectivity index (χ4n) is 1.92. The van der Waals surface area contributed by atoms with Crippen molar-refractivity contribution in [3.63, 3.8) is 0 Å². The third-order valence-electron chi connectivity index (χ3n) is 3.03. The largest absolute Gasteiger partial charge is 0.383 e. The van der Waals surface area contributed by atoms with Crippen LogP contribution in [0.25, 0.3) is 0 Å². The van der Waals surface area contributed by atoms with Gasteiger partial charge in [-0.3, -0.25) is 0 Å². The highest BCUT2D eigenvalue weighted by Gasteiger charge is 2.17. The Bertz CT molecular complexity index is 158. The van der Waals surface area contributed by atoms with Crippen molar-refractivity contribution < 1.29 is 4.74 Å². The number of hydrogen-bond acceptors (Lipinski definition) is 3. The third-order valence-corrected chi connectivity index (χ3v) is 4.43. The Hall–Kier alpha value is 0.270. The zero-order chi connectivity index (χ0) is 11.1. The van der Waals surface area contributed by atoms with Gasteiger partial charge in [0.05, 0.1) is 6.61 Å². The maximum absolute atomic E-state index is 5.24. The van der Waals surface area contributed by atoms with Crippen molar-refractivity contribution in [3.8, 4) is 0 Å². The molecule has 1 heterocycles. The molecule has 2 unspecified atom stereocenters. The Labute approximate surface area is 98.5 Å². The van der Waals surface area contributed by atoms with Gasteiger partial charge in [-0.15, -0.1) is 0 Å². The number of methoxy groups -OCH3 is 1. The summed E-state index contributed by atoms with van der Waals surface area (Å²) in [6.07, 6.45) is 4.21. The van der Waals surface area contributed by atoms with Crippen molar-refractivity contribution in [1.29, 1.82) is 0 Å². The van der Waals surface area contributed by atoms with Gasteiger partial charge in [0.25, 0.3) is 0 Å². The van der Waals surface area contributed by atoms with E-state index in [9.17, 15) is 0 Å². The summed E-state index contributed by atoms with van der Waals surface area (Å²) < 4.78 is 5.24. The molecule has 1 aliphatic heterocycles. The first-order chi connectivity index (χ1) is 7.24. The SMILES string of the molecule is COCC(NCC1CCCCS1)C(C)C. The van der Waals surface area contributed by atoms with Crippen LogP contribution in [0.4, 0.5) is 0 Å². The minimum absolute atomic E-state index is 0.512. The van der Waals surface area contributed by atoms with E-state index in [4.69, 9.17) is 4.74 Å². The molecule has 2 nitrogen and oxygen atoms in total. The number of thioether (sulfide) groups is 1. The van der Waals surface area contributed by atoms with Crippen molar-refractivity contribution in [2.45, 2.75) is 44.4 Å². The summed E-state index contributed by atoms with van der Waals surface area (Å²) in [5.74, 6) is 2.00. The quantitative estimate of drug-likeness (QED) is 0.759. The van der Waals surface area contributed by atoms with Gasteiger partial charge in [0.2, 0.25) is 0 Å². The fourth-order valence-corrected chi connectivity index (χ4v) is 3.17. The molecule has 3 heteroatoms. The minimum atomic E-state index is 0.512. The van der Waals surface area contributed by atoms with Crippen LogP contribution < -0.4 is 5.32 Å². The molecule has 1 rings (SSSR count). The van der Waals surface area contributed by atoms with Crippen LogP contribution in [-0.4, -0.2) is 37.3 Å². The Kier molecular flexibility index (Phi) is 6.69. The summed E-state index contributed by atoms with van der Waals surface area (Å²) in [5.41, 5.74) is 0. The molecule has 0 bridgehead atoms. The molecule has 1 saturated heterocycles. The molecule has 0 aromatic heterocycles. The van der Waals surface area contributed by atoms with Crippen molar-refractivity contribution in [2.24, 2.45) is 5.92 Å². The zero-order valence-electron chi connectivity index (χ0n) is 10.3. The predicted molar refractivity (Wildman–Crippen MR) is 68.6 cm³/mol. The van der Waals surface area contributed by atoms with Crippen LogP contribution in [0.15, 0.2) is 0 Å². The second-order valence-electron chi connectivity index (χ2n) is 4.70. The summed E-state index contributed by atoms with van der Waals surface area (Å²) in [4.78, 5) is 0. The van der Waals surface area contributed by atoms with Crippen LogP contribution in [0.3, 0.4) is 0 Å². The Morgan fingerprint density at radius 3 is 2.73 bits per heavy atom. The number of ether oxygens (including phenoxy) is 1. The molecule has 0 aromatic carbocycles. The average molecular weight is 231 g/mol. The van der Waals surface area contributed by atoms with Gasteiger partial charge >= 0.3 is 0 Å². The van der Waals surface area contributed by atoms with Crippen LogP contribution in [0.2, 0.25) is 0 Å². The average Bonchev–Trinajstić information content (AvgIpc) is 2.25. The van der Waals surface area contributed by atoms with E-state index < -0.39 is 0 Å². The van der Waals surface area contributed by atoms with E-state index in [1.165, 1.54) is 25.0 Å². The lowest BCUT2D eigenvalue weighted by atomic mass is 10.1. The molecular weight excluding hydrogens is 206 g/mol. The first kappa shape index (κ1) is 13.3. The maximum atomic E-state index is 5.24. The second-order valence-corrected chi connectivity index (χ2v) is 6.11. The van der Waals surface area contributed by atoms with Gasteiger partial charge in [-0.2, -0.15) is 11.8 Å². The van der Waals surface area contributed by atoms with E-state index in [0.717, 1.165) is 18.4 Å². The minimum Gasteiger partial charge on any atom is -0.383 e. The van der Waals surface area contributed by atoms with Crippen LogP contribution >= 0.6 is 11.8 Å². The molecule has 0 aromatic rings. The van der Waals surface area contributed by atoms with Crippen molar-refractivity contribution in [1.82, 2.24) is 5.32 Å². The molecule has 0 amide bonds. The molecule has 0 spiro atoms. The van der Waals surface area contributed by atoms with E-state index in [1.54, 1.807) is 7.11 Å².